The van der Waals surface area contributed by atoms with Gasteiger partial charge in [-0.1, -0.05) is 250 Å². The third kappa shape index (κ3) is 36.1. The number of fused-ring (bicyclic) bond motifs is 19. The fourth-order valence-electron chi connectivity index (χ4n) is 23.5. The van der Waals surface area contributed by atoms with E-state index in [1.165, 1.54) is 323 Å². The molecular formula is C115H180N10O3S. The second-order valence-corrected chi connectivity index (χ2v) is 42.6. The van der Waals surface area contributed by atoms with Gasteiger partial charge >= 0.3 is 0 Å². The zero-order chi connectivity index (χ0) is 87.2. The molecule has 8 saturated carbocycles. The molecule has 13 nitrogen and oxygen atoms in total. The van der Waals surface area contributed by atoms with Crippen molar-refractivity contribution >= 4 is 17.6 Å². The molecule has 714 valence electrons. The van der Waals surface area contributed by atoms with Crippen LogP contribution in [0.4, 0.5) is 5.69 Å². The van der Waals surface area contributed by atoms with Gasteiger partial charge in [0.25, 0.3) is 0 Å². The van der Waals surface area contributed by atoms with Crippen molar-refractivity contribution in [2.45, 2.75) is 351 Å². The van der Waals surface area contributed by atoms with E-state index in [1.54, 1.807) is 116 Å². The molecule has 14 heteroatoms. The van der Waals surface area contributed by atoms with Gasteiger partial charge in [0, 0.05) is 131 Å². The molecule has 31 rings (SSSR count). The van der Waals surface area contributed by atoms with E-state index in [0.29, 0.717) is 6.04 Å². The second-order valence-electron chi connectivity index (χ2n) is 41.6. The van der Waals surface area contributed by atoms with Crippen molar-refractivity contribution in [1.29, 1.82) is 0 Å². The zero-order valence-corrected chi connectivity index (χ0v) is 80.8. The summed E-state index contributed by atoms with van der Waals surface area (Å²) in [6.07, 6.45) is 67.5. The van der Waals surface area contributed by atoms with Crippen molar-refractivity contribution < 1.29 is 14.2 Å². The van der Waals surface area contributed by atoms with Crippen LogP contribution < -0.4 is 52.0 Å². The van der Waals surface area contributed by atoms with Crippen molar-refractivity contribution in [3.63, 3.8) is 0 Å². The number of para-hydroxylation sites is 2. The third-order valence-corrected chi connectivity index (χ3v) is 32.8. The highest BCUT2D eigenvalue weighted by Crippen LogP contribution is 2.44. The van der Waals surface area contributed by atoms with Crippen molar-refractivity contribution in [3.8, 4) is 5.75 Å². The van der Waals surface area contributed by atoms with E-state index in [9.17, 15) is 0 Å². The SMILES string of the molecule is C.C1CC2CC1CN2.C1CC2CCC(C1)N2.C1CC2CCC1C2.C1CC2CCC1CC2.C1CC2CCC1CN2.C1CCCCC1.C1CCNCC1.C1CCOCC1.C1CN2CCOCC2CN1.C1NCC12CNC2.c1ccc2c(c1)CCC2.c1ccc2c(c1)CCC2.c1ccc2c(c1)CCCC2.c1ccc2c(c1)CCN2.c1ccc2c(c1)CCO2.c1ccc2c(c1)CNS2. The first-order valence-corrected chi connectivity index (χ1v) is 54.4. The van der Waals surface area contributed by atoms with Crippen LogP contribution >= 0.6 is 11.9 Å². The molecular weight excluding hydrogens is 1600 g/mol. The number of piperidine rings is 5. The maximum absolute atomic E-state index is 5.36. The molecule has 11 saturated heterocycles. The van der Waals surface area contributed by atoms with Gasteiger partial charge in [0.15, 0.2) is 0 Å². The monoisotopic (exact) mass is 1780 g/mol. The first-order chi connectivity index (χ1) is 63.4. The molecule has 14 aliphatic heterocycles. The highest BCUT2D eigenvalue weighted by Gasteiger charge is 2.42. The van der Waals surface area contributed by atoms with Crippen LogP contribution in [0.1, 0.15) is 308 Å². The largest absolute Gasteiger partial charge is 0.493 e. The lowest BCUT2D eigenvalue weighted by Crippen LogP contribution is -2.69. The lowest BCUT2D eigenvalue weighted by molar-refractivity contribution is -0.0168. The van der Waals surface area contributed by atoms with Gasteiger partial charge in [-0.25, -0.2) is 0 Å². The van der Waals surface area contributed by atoms with E-state index in [2.05, 4.69) is 180 Å². The summed E-state index contributed by atoms with van der Waals surface area (Å²) in [5, 5.41) is 27.0. The first-order valence-electron chi connectivity index (χ1n) is 53.6. The number of ether oxygens (including phenoxy) is 3. The quantitative estimate of drug-likeness (QED) is 0.0667. The Labute approximate surface area is 790 Å². The Hall–Kier alpha value is -5.17. The Bertz CT molecular complexity index is 3270. The van der Waals surface area contributed by atoms with Gasteiger partial charge in [-0.15, -0.1) is 0 Å². The van der Waals surface area contributed by atoms with Crippen LogP contribution in [0.2, 0.25) is 0 Å². The second kappa shape index (κ2) is 59.0. The topological polar surface area (TPSA) is 139 Å². The molecule has 5 atom stereocenters. The Morgan fingerprint density at radius 2 is 0.775 bits per heavy atom. The van der Waals surface area contributed by atoms with Crippen molar-refractivity contribution in [1.82, 2.24) is 46.8 Å². The molecule has 25 aliphatic rings. The summed E-state index contributed by atoms with van der Waals surface area (Å²) >= 11 is 1.72. The Kier molecular flexibility index (Phi) is 46.3. The van der Waals surface area contributed by atoms with Crippen LogP contribution in [0.5, 0.6) is 5.75 Å². The van der Waals surface area contributed by atoms with Gasteiger partial charge in [-0.2, -0.15) is 0 Å². The summed E-state index contributed by atoms with van der Waals surface area (Å²) in [6, 6.07) is 55.7. The smallest absolute Gasteiger partial charge is 0.122 e. The summed E-state index contributed by atoms with van der Waals surface area (Å²) in [5.41, 5.74) is 15.7. The Balaban J connectivity index is 0.000000118. The van der Waals surface area contributed by atoms with Crippen LogP contribution in [0, 0.1) is 40.9 Å². The highest BCUT2D eigenvalue weighted by atomic mass is 32.2. The van der Waals surface area contributed by atoms with Gasteiger partial charge in [0.1, 0.15) is 5.75 Å². The average molecular weight is 1780 g/mol. The standard InChI is InChI=1S/C10H12.2C9H10.C8H9N.C8H8O.C8H14.C7H14N2O.C7H7NS.2C7H13N.C7H12.C6H11N.C6H12.C5H10N2.C5H11N.C5H10O.CH4/c1-2-6-10-8-4-3-7-9(10)5-1;2*1-2-5-9-7-3-6-8(9)4-1;2*1-2-4-8-7(3-1)5-6-9-8;1-2-8-5-3-7(1)4-6-8;1-2-9-3-4-10-6-7(9)5-8-1;1-2-4-7-6(3-1)5-8-9-7;1-3-7-4-2-6(1)5-8-7;1-2-6-4-5-7(3-1)8-6;1-2-7-4-3-6(1)5-7;1-2-6-3-5(1)4-7-6;1-2-4-6-5-3-1;1-5(2-6-1)3-7-4-5;2*1-2-4-6-5-3-1;/h1-2,5-6H,3-4,7-8H2;2*1-2,4-5H,3,6-7H2;1-4,9H,5-6H2;1-4H,5-6H2;7-8H,1-6H2;7-8H,1-6H2;1-4,8H,5H2;2*6-8H,1-5H2;6-7H,1-5H2;5-7H,1-4H2;1-6H2;6-7H,1-4H2;6H,1-5H2;1-5H2;1H4. The van der Waals surface area contributed by atoms with E-state index in [0.717, 1.165) is 131 Å². The van der Waals surface area contributed by atoms with Gasteiger partial charge in [0.2, 0.25) is 0 Å². The summed E-state index contributed by atoms with van der Waals surface area (Å²) in [4.78, 5) is 3.89. The summed E-state index contributed by atoms with van der Waals surface area (Å²) < 4.78 is 18.9. The Morgan fingerprint density at radius 3 is 1.15 bits per heavy atom. The van der Waals surface area contributed by atoms with Crippen molar-refractivity contribution in [2.75, 3.05) is 123 Å². The number of hydrogen-bond acceptors (Lipinski definition) is 14. The molecule has 10 bridgehead atoms. The van der Waals surface area contributed by atoms with Crippen molar-refractivity contribution in [2.24, 2.45) is 40.9 Å². The number of morpholine rings is 1. The predicted molar refractivity (Wildman–Crippen MR) is 548 cm³/mol. The lowest BCUT2D eigenvalue weighted by Gasteiger charge is -2.50. The van der Waals surface area contributed by atoms with Crippen LogP contribution in [0.25, 0.3) is 0 Å². The van der Waals surface area contributed by atoms with E-state index >= 15 is 0 Å². The number of nitrogens with one attached hydrogen (secondary N) is 9. The van der Waals surface area contributed by atoms with E-state index in [4.69, 9.17) is 14.2 Å². The minimum atomic E-state index is 0. The minimum Gasteiger partial charge on any atom is -0.493 e. The number of anilines is 1. The number of rotatable bonds is 0. The van der Waals surface area contributed by atoms with Crippen molar-refractivity contribution in [3.05, 3.63) is 196 Å². The Morgan fingerprint density at radius 1 is 0.310 bits per heavy atom. The summed E-state index contributed by atoms with van der Waals surface area (Å²) in [6.45, 7) is 21.6. The fraction of sp³-hybridized carbons (Fsp3) is 0.687. The first kappa shape index (κ1) is 101. The molecule has 6 aromatic rings. The number of benzene rings is 6. The van der Waals surface area contributed by atoms with E-state index in [1.807, 2.05) is 18.2 Å². The average Bonchev–Trinajstić information content (AvgIpc) is 1.58. The number of hydrogen-bond donors (Lipinski definition) is 9. The molecule has 0 radical (unpaired) electrons. The maximum Gasteiger partial charge on any atom is 0.122 e. The summed E-state index contributed by atoms with van der Waals surface area (Å²) in [7, 11) is 0. The molecule has 1 spiro atoms. The van der Waals surface area contributed by atoms with Crippen LogP contribution in [-0.4, -0.2) is 153 Å². The highest BCUT2D eigenvalue weighted by molar-refractivity contribution is 7.97. The molecule has 129 heavy (non-hydrogen) atoms. The predicted octanol–water partition coefficient (Wildman–Crippen LogP) is 23.4. The molecule has 6 aromatic carbocycles. The van der Waals surface area contributed by atoms with Gasteiger partial charge in [0.05, 0.1) is 19.8 Å². The molecule has 0 amide bonds. The van der Waals surface area contributed by atoms with Crippen LogP contribution in [0.3, 0.4) is 0 Å². The number of piperazine rings is 1. The van der Waals surface area contributed by atoms with E-state index < -0.39 is 0 Å². The number of nitrogens with zero attached hydrogens (tertiary/aromatic N) is 1. The van der Waals surface area contributed by atoms with Crippen LogP contribution in [-0.2, 0) is 67.4 Å². The third-order valence-electron chi connectivity index (χ3n) is 31.9. The van der Waals surface area contributed by atoms with Gasteiger partial charge < -0.3 is 56.7 Å². The number of aryl methyl sites for hydroxylation is 6. The van der Waals surface area contributed by atoms with Gasteiger partial charge in [-0.3, -0.25) is 9.62 Å². The molecule has 19 fully saturated rings. The lowest BCUT2D eigenvalue weighted by atomic mass is 9.71. The van der Waals surface area contributed by atoms with Gasteiger partial charge in [-0.05, 0) is 322 Å². The molecule has 9 N–H and O–H groups in total. The molecule has 14 heterocycles. The van der Waals surface area contributed by atoms with E-state index in [-0.39, 0.29) is 7.43 Å². The minimum absolute atomic E-state index is 0. The fourth-order valence-corrected chi connectivity index (χ4v) is 24.3. The molecule has 5 unspecified atom stereocenters. The zero-order valence-electron chi connectivity index (χ0n) is 80.0. The maximum atomic E-state index is 5.36. The molecule has 11 aliphatic carbocycles. The summed E-state index contributed by atoms with van der Waals surface area (Å²) in [5.74, 6) is 7.82. The van der Waals surface area contributed by atoms with Crippen LogP contribution in [0.15, 0.2) is 150 Å². The molecule has 0 aromatic heterocycles. The normalized spacial score (nSPS) is 28.1.